The summed E-state index contributed by atoms with van der Waals surface area (Å²) in [5.41, 5.74) is 5.12. The van der Waals surface area contributed by atoms with Crippen molar-refractivity contribution in [3.05, 3.63) is 53.0 Å². The minimum Gasteiger partial charge on any atom is -0.380 e. The summed E-state index contributed by atoms with van der Waals surface area (Å²) in [5, 5.41) is 17.3. The number of piperazine rings is 1. The maximum absolute atomic E-state index is 5.35. The van der Waals surface area contributed by atoms with Gasteiger partial charge < -0.3 is 19.5 Å². The average Bonchev–Trinajstić information content (AvgIpc) is 2.03. The Bertz CT molecular complexity index is 2110. The molecular weight excluding hydrogens is 1140 g/mol. The van der Waals surface area contributed by atoms with Gasteiger partial charge in [-0.2, -0.15) is 10.2 Å². The molecule has 0 bridgehead atoms. The lowest BCUT2D eigenvalue weighted by Crippen LogP contribution is -2.58. The van der Waals surface area contributed by atoms with Crippen molar-refractivity contribution in [2.24, 2.45) is 10.8 Å². The SMILES string of the molecule is CC(C)(C)N1CCC1.CC(C)(C)N1CCC2(COC2)C1.CC(C)(C)N1CCCC2(COC2)C1.CC(C)(C)N1CCCCC1.CC(C)(C)N1CCNCC1.CC(C)(C)N1CCOCC1.CC(C)(C)c1cn[nH]c1.CC(C)(C)c1nccs1.CC(C)(C)n1cccn1. The Labute approximate surface area is 559 Å². The van der Waals surface area contributed by atoms with Crippen LogP contribution in [0.1, 0.15) is 242 Å². The Morgan fingerprint density at radius 2 is 0.867 bits per heavy atom. The van der Waals surface area contributed by atoms with Crippen LogP contribution in [0.25, 0.3) is 0 Å². The molecule has 2 N–H and O–H groups in total. The number of nitrogens with one attached hydrogen (secondary N) is 2. The van der Waals surface area contributed by atoms with E-state index in [9.17, 15) is 0 Å². The quantitative estimate of drug-likeness (QED) is 0.223. The highest BCUT2D eigenvalue weighted by Gasteiger charge is 2.47. The summed E-state index contributed by atoms with van der Waals surface area (Å²) in [6.45, 7) is 83.4. The van der Waals surface area contributed by atoms with E-state index in [1.54, 1.807) is 17.5 Å². The normalized spacial score (nSPS) is 21.4. The number of H-pyrrole nitrogens is 1. The van der Waals surface area contributed by atoms with Gasteiger partial charge in [-0.25, -0.2) is 4.98 Å². The molecule has 8 aliphatic rings. The first-order valence-corrected chi connectivity index (χ1v) is 36.0. The number of nitrogens with zero attached hydrogens (tertiary/aromatic N) is 10. The number of morpholine rings is 1. The van der Waals surface area contributed by atoms with Gasteiger partial charge in [0.1, 0.15) is 0 Å². The molecule has 90 heavy (non-hydrogen) atoms. The Morgan fingerprint density at radius 3 is 1.12 bits per heavy atom. The van der Waals surface area contributed by atoms with Crippen LogP contribution in [0.15, 0.2) is 42.4 Å². The zero-order valence-electron chi connectivity index (χ0n) is 63.7. The second-order valence-corrected chi connectivity index (χ2v) is 36.8. The standard InChI is InChI=1S/C11H21NO.C10H19NO.C9H19N.C8H18N2.C8H17NO.2C7H12N2.C7H11NS.C7H15N/c1-10(2,3)12-6-4-5-11(7-12)8-13-9-11;1-9(2,3)11-5-4-10(6-11)7-12-8-10;1-9(2,3)10-7-5-4-6-8-10;1-8(2,3)10-6-4-9-5-7-10;1-8(2,3)9-4-6-10-7-5-9;1-7(2,3)6-4-8-9-5-6;1-7(2,3)9-6-4-5-8-9;1-7(2,3)6-8-4-5-9-6;1-7(2,3)8-5-4-6-8/h4-9H2,1-3H3;4-8H2,1-3H3;4-8H2,1-3H3;9H,4-7H2,1-3H3;4-7H2,1-3H3;4-5H,1-3H3,(H,8,9);4-6H,1-3H3;4-5H,1-3H3;4-6H2,1-3H3. The molecule has 524 valence electrons. The summed E-state index contributed by atoms with van der Waals surface area (Å²) < 4.78 is 17.8. The highest BCUT2D eigenvalue weighted by molar-refractivity contribution is 7.09. The highest BCUT2D eigenvalue weighted by atomic mass is 32.1. The molecule has 0 aromatic carbocycles. The molecule has 11 heterocycles. The van der Waals surface area contributed by atoms with Crippen molar-refractivity contribution in [1.29, 1.82) is 0 Å². The van der Waals surface area contributed by atoms with E-state index in [2.05, 4.69) is 242 Å². The predicted molar refractivity (Wildman–Crippen MR) is 386 cm³/mol. The van der Waals surface area contributed by atoms with Crippen molar-refractivity contribution in [2.45, 2.75) is 281 Å². The largest absolute Gasteiger partial charge is 0.380 e. The maximum Gasteiger partial charge on any atom is 0.0978 e. The van der Waals surface area contributed by atoms with Gasteiger partial charge in [-0.15, -0.1) is 11.3 Å². The minimum absolute atomic E-state index is 0.128. The number of piperidine rings is 2. The number of aromatic nitrogens is 5. The summed E-state index contributed by atoms with van der Waals surface area (Å²) in [4.78, 5) is 19.4. The molecular formula is C74H144N12O3S. The Balaban J connectivity index is 0.000000266. The van der Waals surface area contributed by atoms with Gasteiger partial charge in [0.2, 0.25) is 0 Å². The molecule has 2 spiro atoms. The van der Waals surface area contributed by atoms with Crippen molar-refractivity contribution in [3.63, 3.8) is 0 Å². The van der Waals surface area contributed by atoms with Crippen LogP contribution in [-0.2, 0) is 30.6 Å². The van der Waals surface area contributed by atoms with Crippen LogP contribution < -0.4 is 5.32 Å². The van der Waals surface area contributed by atoms with Crippen molar-refractivity contribution in [3.8, 4) is 0 Å². The Kier molecular flexibility index (Phi) is 32.4. The molecule has 8 aliphatic heterocycles. The number of hydrogen-bond acceptors (Lipinski definition) is 14. The smallest absolute Gasteiger partial charge is 0.0978 e. The van der Waals surface area contributed by atoms with Crippen LogP contribution in [0.3, 0.4) is 0 Å². The first kappa shape index (κ1) is 81.9. The van der Waals surface area contributed by atoms with Crippen molar-refractivity contribution < 1.29 is 14.2 Å². The third-order valence-corrected chi connectivity index (χ3v) is 19.6. The first-order valence-electron chi connectivity index (χ1n) is 35.1. The molecule has 8 saturated heterocycles. The fourth-order valence-electron chi connectivity index (χ4n) is 11.6. The molecule has 11 rings (SSSR count). The molecule has 8 fully saturated rings. The van der Waals surface area contributed by atoms with Crippen molar-refractivity contribution >= 4 is 11.3 Å². The summed E-state index contributed by atoms with van der Waals surface area (Å²) in [7, 11) is 0. The topological polar surface area (TPSA) is 119 Å². The predicted octanol–water partition coefficient (Wildman–Crippen LogP) is 14.8. The van der Waals surface area contributed by atoms with Crippen LogP contribution in [0.4, 0.5) is 0 Å². The van der Waals surface area contributed by atoms with Crippen LogP contribution in [0, 0.1) is 10.8 Å². The van der Waals surface area contributed by atoms with Gasteiger partial charge in [0.15, 0.2) is 0 Å². The number of rotatable bonds is 0. The van der Waals surface area contributed by atoms with Gasteiger partial charge in [-0.1, -0.05) is 48.0 Å². The third-order valence-electron chi connectivity index (χ3n) is 18.4. The van der Waals surface area contributed by atoms with E-state index >= 15 is 0 Å². The van der Waals surface area contributed by atoms with Crippen molar-refractivity contribution in [1.82, 2.24) is 59.7 Å². The van der Waals surface area contributed by atoms with Crippen LogP contribution in [-0.4, -0.2) is 219 Å². The van der Waals surface area contributed by atoms with Crippen LogP contribution >= 0.6 is 11.3 Å². The van der Waals surface area contributed by atoms with Gasteiger partial charge in [0, 0.05) is 132 Å². The summed E-state index contributed by atoms with van der Waals surface area (Å²) in [6, 6.07) is 1.94. The lowest BCUT2D eigenvalue weighted by molar-refractivity contribution is -0.154. The van der Waals surface area contributed by atoms with Gasteiger partial charge >= 0.3 is 0 Å². The molecule has 3 aromatic heterocycles. The molecule has 0 saturated carbocycles. The van der Waals surface area contributed by atoms with E-state index in [0.717, 1.165) is 65.8 Å². The van der Waals surface area contributed by atoms with E-state index in [-0.39, 0.29) is 16.4 Å². The van der Waals surface area contributed by atoms with Gasteiger partial charge in [0.05, 0.1) is 56.4 Å². The fourth-order valence-corrected chi connectivity index (χ4v) is 12.3. The summed E-state index contributed by atoms with van der Waals surface area (Å²) >= 11 is 1.72. The Morgan fingerprint density at radius 1 is 0.433 bits per heavy atom. The molecule has 3 aromatic rings. The number of hydrogen-bond donors (Lipinski definition) is 2. The minimum atomic E-state index is 0.128. The molecule has 0 unspecified atom stereocenters. The van der Waals surface area contributed by atoms with Gasteiger partial charge in [-0.3, -0.25) is 39.2 Å². The molecule has 15 nitrogen and oxygen atoms in total. The van der Waals surface area contributed by atoms with E-state index in [1.807, 2.05) is 40.9 Å². The average molecular weight is 1280 g/mol. The molecule has 0 atom stereocenters. The van der Waals surface area contributed by atoms with E-state index < -0.39 is 0 Å². The molecule has 0 aliphatic carbocycles. The number of thiazole rings is 1. The van der Waals surface area contributed by atoms with Crippen LogP contribution in [0.2, 0.25) is 0 Å². The monoisotopic (exact) mass is 1280 g/mol. The lowest BCUT2D eigenvalue weighted by Gasteiger charge is -2.51. The molecule has 0 radical (unpaired) electrons. The van der Waals surface area contributed by atoms with Gasteiger partial charge in [0.25, 0.3) is 0 Å². The third kappa shape index (κ3) is 30.6. The lowest BCUT2D eigenvalue weighted by atomic mass is 9.77. The second-order valence-electron chi connectivity index (χ2n) is 35.9. The van der Waals surface area contributed by atoms with E-state index in [1.165, 1.54) is 121 Å². The van der Waals surface area contributed by atoms with E-state index in [4.69, 9.17) is 14.2 Å². The molecule has 0 amide bonds. The zero-order chi connectivity index (χ0) is 68.1. The Hall–Kier alpha value is -2.35. The van der Waals surface area contributed by atoms with Crippen LogP contribution in [0.5, 0.6) is 0 Å². The first-order chi connectivity index (χ1) is 41.3. The van der Waals surface area contributed by atoms with Gasteiger partial charge in [-0.05, 0) is 240 Å². The van der Waals surface area contributed by atoms with Crippen molar-refractivity contribution in [2.75, 3.05) is 131 Å². The number of ether oxygens (including phenoxy) is 3. The van der Waals surface area contributed by atoms with E-state index in [0.29, 0.717) is 44.1 Å². The fraction of sp³-hybridized carbons (Fsp3) is 0.878. The highest BCUT2D eigenvalue weighted by Crippen LogP contribution is 2.41. The summed E-state index contributed by atoms with van der Waals surface area (Å²) in [5.74, 6) is 0. The maximum atomic E-state index is 5.35. The molecule has 16 heteroatoms. The zero-order valence-corrected chi connectivity index (χ0v) is 64.6. The number of aromatic amines is 1. The second kappa shape index (κ2) is 35.6. The summed E-state index contributed by atoms with van der Waals surface area (Å²) in [6.07, 6.45) is 19.1. The number of likely N-dealkylation sites (tertiary alicyclic amines) is 4.